The van der Waals surface area contributed by atoms with Crippen LogP contribution in [0.4, 0.5) is 18.3 Å². The fourth-order valence-electron chi connectivity index (χ4n) is 1.28. The van der Waals surface area contributed by atoms with Crippen molar-refractivity contribution in [2.45, 2.75) is 6.18 Å². The second-order valence-corrected chi connectivity index (χ2v) is 4.00. The van der Waals surface area contributed by atoms with Gasteiger partial charge in [-0.05, 0) is 12.1 Å². The molecular formula is C10H8F3N3S. The number of anilines is 1. The van der Waals surface area contributed by atoms with Crippen LogP contribution in [0.1, 0.15) is 5.56 Å². The molecule has 1 aromatic carbocycles. The van der Waals surface area contributed by atoms with E-state index >= 15 is 0 Å². The van der Waals surface area contributed by atoms with E-state index in [9.17, 15) is 13.2 Å². The normalized spacial score (nSPS) is 11.5. The quantitative estimate of drug-likeness (QED) is 0.899. The molecule has 2 rings (SSSR count). The fraction of sp³-hybridized carbons (Fsp3) is 0.200. The Labute approximate surface area is 99.5 Å². The number of rotatable bonds is 2. The van der Waals surface area contributed by atoms with Gasteiger partial charge in [0.05, 0.1) is 5.56 Å². The molecule has 0 aliphatic rings. The van der Waals surface area contributed by atoms with Crippen molar-refractivity contribution in [1.29, 1.82) is 0 Å². The Hall–Kier alpha value is -1.63. The Morgan fingerprint density at radius 1 is 1.29 bits per heavy atom. The van der Waals surface area contributed by atoms with Gasteiger partial charge in [0.1, 0.15) is 0 Å². The van der Waals surface area contributed by atoms with Gasteiger partial charge in [-0.25, -0.2) is 0 Å². The molecule has 2 aromatic rings. The van der Waals surface area contributed by atoms with Crippen molar-refractivity contribution < 1.29 is 13.2 Å². The monoisotopic (exact) mass is 259 g/mol. The van der Waals surface area contributed by atoms with Gasteiger partial charge in [-0.1, -0.05) is 12.1 Å². The molecule has 0 unspecified atom stereocenters. The summed E-state index contributed by atoms with van der Waals surface area (Å²) in [6.07, 6.45) is -4.35. The highest BCUT2D eigenvalue weighted by Crippen LogP contribution is 2.31. The number of benzene rings is 1. The van der Waals surface area contributed by atoms with Gasteiger partial charge in [0, 0.05) is 24.1 Å². The Balaban J connectivity index is 2.39. The SMILES string of the molecule is CNc1nc(-c2cccc(C(F)(F)F)c2)ns1. The molecule has 7 heteroatoms. The van der Waals surface area contributed by atoms with Crippen LogP contribution in [0.25, 0.3) is 11.4 Å². The zero-order valence-electron chi connectivity index (χ0n) is 8.75. The number of hydrogen-bond acceptors (Lipinski definition) is 4. The van der Waals surface area contributed by atoms with E-state index in [0.29, 0.717) is 16.5 Å². The van der Waals surface area contributed by atoms with Crippen molar-refractivity contribution in [2.24, 2.45) is 0 Å². The summed E-state index contributed by atoms with van der Waals surface area (Å²) in [4.78, 5) is 4.05. The third-order valence-corrected chi connectivity index (χ3v) is 2.82. The predicted octanol–water partition coefficient (Wildman–Crippen LogP) is 3.27. The molecule has 0 bridgehead atoms. The molecule has 17 heavy (non-hydrogen) atoms. The lowest BCUT2D eigenvalue weighted by molar-refractivity contribution is -0.137. The summed E-state index contributed by atoms with van der Waals surface area (Å²) in [7, 11) is 1.68. The molecule has 0 aliphatic heterocycles. The van der Waals surface area contributed by atoms with Gasteiger partial charge >= 0.3 is 6.18 Å². The van der Waals surface area contributed by atoms with Crippen molar-refractivity contribution in [3.8, 4) is 11.4 Å². The first-order chi connectivity index (χ1) is 8.00. The molecule has 1 aromatic heterocycles. The van der Waals surface area contributed by atoms with Crippen LogP contribution < -0.4 is 5.32 Å². The second kappa shape index (κ2) is 4.33. The first-order valence-corrected chi connectivity index (χ1v) is 5.47. The van der Waals surface area contributed by atoms with Crippen LogP contribution in [-0.2, 0) is 6.18 Å². The number of hydrogen-bond donors (Lipinski definition) is 1. The van der Waals surface area contributed by atoms with Gasteiger partial charge in [0.25, 0.3) is 0 Å². The molecule has 0 saturated heterocycles. The van der Waals surface area contributed by atoms with E-state index < -0.39 is 11.7 Å². The molecule has 90 valence electrons. The highest BCUT2D eigenvalue weighted by atomic mass is 32.1. The molecule has 1 N–H and O–H groups in total. The molecule has 1 heterocycles. The van der Waals surface area contributed by atoms with Crippen molar-refractivity contribution >= 4 is 16.7 Å². The Bertz CT molecular complexity index is 522. The number of nitrogens with one attached hydrogen (secondary N) is 1. The second-order valence-electron chi connectivity index (χ2n) is 3.25. The summed E-state index contributed by atoms with van der Waals surface area (Å²) in [5.41, 5.74) is -0.339. The molecule has 0 fully saturated rings. The van der Waals surface area contributed by atoms with E-state index in [-0.39, 0.29) is 0 Å². The Morgan fingerprint density at radius 3 is 2.65 bits per heavy atom. The zero-order valence-corrected chi connectivity index (χ0v) is 9.56. The summed E-state index contributed by atoms with van der Waals surface area (Å²) in [5, 5.41) is 3.35. The lowest BCUT2D eigenvalue weighted by Crippen LogP contribution is -2.04. The van der Waals surface area contributed by atoms with Crippen molar-refractivity contribution in [2.75, 3.05) is 12.4 Å². The molecule has 0 radical (unpaired) electrons. The van der Waals surface area contributed by atoms with Gasteiger partial charge < -0.3 is 5.32 Å². The maximum atomic E-state index is 12.5. The maximum Gasteiger partial charge on any atom is 0.416 e. The minimum atomic E-state index is -4.35. The van der Waals surface area contributed by atoms with E-state index in [0.717, 1.165) is 23.7 Å². The van der Waals surface area contributed by atoms with E-state index in [2.05, 4.69) is 14.7 Å². The van der Waals surface area contributed by atoms with E-state index in [4.69, 9.17) is 0 Å². The minimum absolute atomic E-state index is 0.297. The number of aromatic nitrogens is 2. The summed E-state index contributed by atoms with van der Waals surface area (Å²) in [6.45, 7) is 0. The average Bonchev–Trinajstić information content (AvgIpc) is 2.76. The molecule has 0 aliphatic carbocycles. The van der Waals surface area contributed by atoms with Crippen LogP contribution in [0.5, 0.6) is 0 Å². The zero-order chi connectivity index (χ0) is 12.5. The van der Waals surface area contributed by atoms with Crippen LogP contribution in [0.15, 0.2) is 24.3 Å². The molecular weight excluding hydrogens is 251 g/mol. The van der Waals surface area contributed by atoms with Crippen LogP contribution in [-0.4, -0.2) is 16.4 Å². The molecule has 3 nitrogen and oxygen atoms in total. The van der Waals surface area contributed by atoms with Gasteiger partial charge in [-0.3, -0.25) is 0 Å². The van der Waals surface area contributed by atoms with E-state index in [1.54, 1.807) is 13.1 Å². The number of halogens is 3. The fourth-order valence-corrected chi connectivity index (χ4v) is 1.81. The summed E-state index contributed by atoms with van der Waals surface area (Å²) in [5.74, 6) is 0.297. The van der Waals surface area contributed by atoms with Crippen molar-refractivity contribution in [1.82, 2.24) is 9.36 Å². The average molecular weight is 259 g/mol. The highest BCUT2D eigenvalue weighted by molar-refractivity contribution is 7.09. The predicted molar refractivity (Wildman–Crippen MR) is 59.9 cm³/mol. The van der Waals surface area contributed by atoms with Gasteiger partial charge in [0.2, 0.25) is 5.13 Å². The van der Waals surface area contributed by atoms with Crippen LogP contribution in [0.2, 0.25) is 0 Å². The van der Waals surface area contributed by atoms with Crippen LogP contribution in [0.3, 0.4) is 0 Å². The van der Waals surface area contributed by atoms with Crippen LogP contribution >= 0.6 is 11.5 Å². The Kier molecular flexibility index (Phi) is 3.01. The number of nitrogens with zero attached hydrogens (tertiary/aromatic N) is 2. The molecule has 0 spiro atoms. The van der Waals surface area contributed by atoms with E-state index in [1.807, 2.05) is 0 Å². The summed E-state index contributed by atoms with van der Waals surface area (Å²) in [6, 6.07) is 4.96. The van der Waals surface area contributed by atoms with Crippen LogP contribution in [0, 0.1) is 0 Å². The lowest BCUT2D eigenvalue weighted by Gasteiger charge is -2.06. The molecule has 0 atom stereocenters. The van der Waals surface area contributed by atoms with Gasteiger partial charge in [-0.2, -0.15) is 22.5 Å². The number of alkyl halides is 3. The largest absolute Gasteiger partial charge is 0.416 e. The Morgan fingerprint density at radius 2 is 2.06 bits per heavy atom. The third kappa shape index (κ3) is 2.55. The first kappa shape index (κ1) is 11.8. The maximum absolute atomic E-state index is 12.5. The third-order valence-electron chi connectivity index (χ3n) is 2.09. The minimum Gasteiger partial charge on any atom is -0.363 e. The standard InChI is InChI=1S/C10H8F3N3S/c1-14-9-15-8(16-17-9)6-3-2-4-7(5-6)10(11,12)13/h2-5H,1H3,(H,14,15,16). The summed E-state index contributed by atoms with van der Waals surface area (Å²) < 4.78 is 41.5. The topological polar surface area (TPSA) is 37.8 Å². The van der Waals surface area contributed by atoms with Crippen molar-refractivity contribution in [3.05, 3.63) is 29.8 Å². The van der Waals surface area contributed by atoms with Gasteiger partial charge in [0.15, 0.2) is 5.82 Å². The highest BCUT2D eigenvalue weighted by Gasteiger charge is 2.30. The van der Waals surface area contributed by atoms with Gasteiger partial charge in [-0.15, -0.1) is 0 Å². The summed E-state index contributed by atoms with van der Waals surface area (Å²) >= 11 is 1.10. The molecule has 0 amide bonds. The van der Waals surface area contributed by atoms with Crippen molar-refractivity contribution in [3.63, 3.8) is 0 Å². The smallest absolute Gasteiger partial charge is 0.363 e. The molecule has 0 saturated carbocycles. The lowest BCUT2D eigenvalue weighted by atomic mass is 10.1. The van der Waals surface area contributed by atoms with E-state index in [1.165, 1.54) is 6.07 Å². The first-order valence-electron chi connectivity index (χ1n) is 4.70.